The molecule has 0 radical (unpaired) electrons. The summed E-state index contributed by atoms with van der Waals surface area (Å²) >= 11 is 0. The highest BCUT2D eigenvalue weighted by molar-refractivity contribution is 6.08. The van der Waals surface area contributed by atoms with Gasteiger partial charge in [0, 0.05) is 22.4 Å². The molecule has 2 aromatic carbocycles. The summed E-state index contributed by atoms with van der Waals surface area (Å²) < 4.78 is 21.7. The lowest BCUT2D eigenvalue weighted by Crippen LogP contribution is -2.31. The van der Waals surface area contributed by atoms with E-state index in [9.17, 15) is 4.39 Å². The molecule has 0 fully saturated rings. The van der Waals surface area contributed by atoms with E-state index in [-0.39, 0.29) is 0 Å². The Kier molecular flexibility index (Phi) is 3.95. The van der Waals surface area contributed by atoms with Crippen molar-refractivity contribution in [1.29, 1.82) is 0 Å². The van der Waals surface area contributed by atoms with Crippen LogP contribution in [0.2, 0.25) is 0 Å². The number of nitrogens with zero attached hydrogens (tertiary/aromatic N) is 2. The summed E-state index contributed by atoms with van der Waals surface area (Å²) in [7, 11) is 2.04. The van der Waals surface area contributed by atoms with Crippen LogP contribution in [-0.4, -0.2) is 4.98 Å². The first-order chi connectivity index (χ1) is 14.0. The molecular weight excluding hydrogens is 363 g/mol. The van der Waals surface area contributed by atoms with Gasteiger partial charge in [0.15, 0.2) is 11.8 Å². The monoisotopic (exact) mass is 383 g/mol. The number of pyridine rings is 2. The van der Waals surface area contributed by atoms with Crippen LogP contribution in [0.3, 0.4) is 0 Å². The Morgan fingerprint density at radius 1 is 0.862 bits per heavy atom. The number of furan rings is 1. The lowest BCUT2D eigenvalue weighted by atomic mass is 9.98. The highest BCUT2D eigenvalue weighted by Crippen LogP contribution is 2.36. The van der Waals surface area contributed by atoms with E-state index in [1.807, 2.05) is 13.1 Å². The van der Waals surface area contributed by atoms with Gasteiger partial charge in [0.1, 0.15) is 7.05 Å². The summed E-state index contributed by atoms with van der Waals surface area (Å²) in [5.74, 6) is -0.539. The molecule has 3 nitrogen and oxygen atoms in total. The Morgan fingerprint density at radius 2 is 1.66 bits per heavy atom. The van der Waals surface area contributed by atoms with Crippen LogP contribution < -0.4 is 4.57 Å². The van der Waals surface area contributed by atoms with Crippen molar-refractivity contribution >= 4 is 22.1 Å². The van der Waals surface area contributed by atoms with Gasteiger partial charge in [0.05, 0.1) is 5.56 Å². The first kappa shape index (κ1) is 17.6. The third kappa shape index (κ3) is 2.80. The number of rotatable bonds is 2. The van der Waals surface area contributed by atoms with Crippen molar-refractivity contribution in [2.45, 2.75) is 13.8 Å². The van der Waals surface area contributed by atoms with Gasteiger partial charge in [-0.3, -0.25) is 0 Å². The standard InChI is InChI=1S/C25H20FN2O/c1-15-6-4-5-7-18(15)17-9-12-21(28(3)14-17)23-16(2)8-10-19-20-11-13-22(26)27-25(20)29-24(19)23/h4-14H,1-3H3/q+1. The number of hydrogen-bond donors (Lipinski definition) is 0. The first-order valence-corrected chi connectivity index (χ1v) is 9.57. The van der Waals surface area contributed by atoms with Crippen LogP contribution in [0.25, 0.3) is 44.5 Å². The quantitative estimate of drug-likeness (QED) is 0.281. The Bertz CT molecular complexity index is 1400. The predicted molar refractivity (Wildman–Crippen MR) is 113 cm³/mol. The fourth-order valence-electron chi connectivity index (χ4n) is 4.04. The van der Waals surface area contributed by atoms with Crippen molar-refractivity contribution in [1.82, 2.24) is 4.98 Å². The van der Waals surface area contributed by atoms with E-state index < -0.39 is 5.95 Å². The van der Waals surface area contributed by atoms with Crippen molar-refractivity contribution < 1.29 is 13.4 Å². The molecule has 0 bridgehead atoms. The second kappa shape index (κ2) is 6.52. The summed E-state index contributed by atoms with van der Waals surface area (Å²) in [6.45, 7) is 4.18. The van der Waals surface area contributed by atoms with Crippen molar-refractivity contribution in [3.63, 3.8) is 0 Å². The zero-order valence-corrected chi connectivity index (χ0v) is 16.5. The topological polar surface area (TPSA) is 29.9 Å². The molecule has 0 atom stereocenters. The van der Waals surface area contributed by atoms with Crippen LogP contribution in [0.15, 0.2) is 71.3 Å². The number of hydrogen-bond acceptors (Lipinski definition) is 2. The molecule has 0 aliphatic rings. The molecule has 0 unspecified atom stereocenters. The van der Waals surface area contributed by atoms with Gasteiger partial charge in [0.25, 0.3) is 0 Å². The number of aryl methyl sites for hydroxylation is 3. The maximum atomic E-state index is 13.6. The van der Waals surface area contributed by atoms with E-state index in [2.05, 4.69) is 72.1 Å². The number of aromatic nitrogens is 2. The Morgan fingerprint density at radius 3 is 2.45 bits per heavy atom. The SMILES string of the molecule is Cc1ccccc1-c1ccc(-c2c(C)ccc3c2oc2nc(F)ccc23)[n+](C)c1. The molecule has 142 valence electrons. The largest absolute Gasteiger partial charge is 0.437 e. The van der Waals surface area contributed by atoms with Crippen LogP contribution >= 0.6 is 0 Å². The maximum Gasteiger partial charge on any atom is 0.229 e. The molecule has 0 aliphatic carbocycles. The Labute approximate surface area is 168 Å². The lowest BCUT2D eigenvalue weighted by molar-refractivity contribution is -0.659. The number of benzene rings is 2. The minimum Gasteiger partial charge on any atom is -0.437 e. The molecule has 4 heteroatoms. The molecule has 0 N–H and O–H groups in total. The van der Waals surface area contributed by atoms with Crippen LogP contribution in [-0.2, 0) is 7.05 Å². The normalized spacial score (nSPS) is 11.4. The molecule has 29 heavy (non-hydrogen) atoms. The molecule has 3 heterocycles. The van der Waals surface area contributed by atoms with Crippen molar-refractivity contribution in [3.8, 4) is 22.4 Å². The van der Waals surface area contributed by atoms with Gasteiger partial charge >= 0.3 is 0 Å². The Balaban J connectivity index is 1.74. The molecule has 0 spiro atoms. The average molecular weight is 383 g/mol. The minimum atomic E-state index is -0.539. The number of fused-ring (bicyclic) bond motifs is 3. The van der Waals surface area contributed by atoms with E-state index in [0.717, 1.165) is 38.7 Å². The van der Waals surface area contributed by atoms with E-state index in [0.29, 0.717) is 5.71 Å². The second-order valence-electron chi connectivity index (χ2n) is 7.45. The van der Waals surface area contributed by atoms with Gasteiger partial charge in [-0.2, -0.15) is 9.37 Å². The van der Waals surface area contributed by atoms with Crippen LogP contribution in [0.4, 0.5) is 4.39 Å². The highest BCUT2D eigenvalue weighted by atomic mass is 19.1. The molecular formula is C25H20FN2O+. The lowest BCUT2D eigenvalue weighted by Gasteiger charge is -2.08. The number of halogens is 1. The highest BCUT2D eigenvalue weighted by Gasteiger charge is 2.21. The molecule has 5 aromatic rings. The summed E-state index contributed by atoms with van der Waals surface area (Å²) in [4.78, 5) is 3.92. The van der Waals surface area contributed by atoms with E-state index in [1.165, 1.54) is 17.2 Å². The van der Waals surface area contributed by atoms with E-state index in [4.69, 9.17) is 4.42 Å². The third-order valence-electron chi connectivity index (χ3n) is 5.53. The van der Waals surface area contributed by atoms with Crippen LogP contribution in [0.5, 0.6) is 0 Å². The van der Waals surface area contributed by atoms with Crippen molar-refractivity contribution in [3.05, 3.63) is 83.9 Å². The minimum absolute atomic E-state index is 0.325. The molecule has 3 aromatic heterocycles. The third-order valence-corrected chi connectivity index (χ3v) is 5.53. The van der Waals surface area contributed by atoms with Gasteiger partial charge in [0.2, 0.25) is 17.4 Å². The van der Waals surface area contributed by atoms with Crippen molar-refractivity contribution in [2.24, 2.45) is 7.05 Å². The zero-order chi connectivity index (χ0) is 20.1. The van der Waals surface area contributed by atoms with Crippen LogP contribution in [0.1, 0.15) is 11.1 Å². The first-order valence-electron chi connectivity index (χ1n) is 9.57. The summed E-state index contributed by atoms with van der Waals surface area (Å²) in [6.07, 6.45) is 2.14. The summed E-state index contributed by atoms with van der Waals surface area (Å²) in [5, 5.41) is 1.76. The Hall–Kier alpha value is -3.53. The van der Waals surface area contributed by atoms with Gasteiger partial charge < -0.3 is 4.42 Å². The molecule has 0 saturated heterocycles. The second-order valence-corrected chi connectivity index (χ2v) is 7.45. The molecule has 0 saturated carbocycles. The maximum absolute atomic E-state index is 13.6. The summed E-state index contributed by atoms with van der Waals surface area (Å²) in [5.41, 5.74) is 7.80. The fourth-order valence-corrected chi connectivity index (χ4v) is 4.04. The predicted octanol–water partition coefficient (Wildman–Crippen LogP) is 5.90. The van der Waals surface area contributed by atoms with Crippen molar-refractivity contribution in [2.75, 3.05) is 0 Å². The van der Waals surface area contributed by atoms with Gasteiger partial charge in [-0.15, -0.1) is 0 Å². The zero-order valence-electron chi connectivity index (χ0n) is 16.5. The molecule has 0 aliphatic heterocycles. The molecule has 0 amide bonds. The smallest absolute Gasteiger partial charge is 0.229 e. The average Bonchev–Trinajstić information content (AvgIpc) is 3.06. The fraction of sp³-hybridized carbons (Fsp3) is 0.120. The van der Waals surface area contributed by atoms with E-state index in [1.54, 1.807) is 6.07 Å². The van der Waals surface area contributed by atoms with Gasteiger partial charge in [-0.05, 0) is 48.7 Å². The van der Waals surface area contributed by atoms with Gasteiger partial charge in [-0.1, -0.05) is 36.4 Å². The molecule has 5 rings (SSSR count). The van der Waals surface area contributed by atoms with E-state index >= 15 is 0 Å². The van der Waals surface area contributed by atoms with Crippen LogP contribution in [0, 0.1) is 19.8 Å². The summed E-state index contributed by atoms with van der Waals surface area (Å²) in [6, 6.07) is 19.8. The van der Waals surface area contributed by atoms with Gasteiger partial charge in [-0.25, -0.2) is 4.57 Å².